The predicted octanol–water partition coefficient (Wildman–Crippen LogP) is 7.05. The summed E-state index contributed by atoms with van der Waals surface area (Å²) in [7, 11) is -3.32. The fourth-order valence-corrected chi connectivity index (χ4v) is 4.67. The van der Waals surface area contributed by atoms with Gasteiger partial charge in [-0.15, -0.1) is 0 Å². The van der Waals surface area contributed by atoms with E-state index in [4.69, 9.17) is 16.3 Å². The maximum Gasteiger partial charge on any atom is 0.228 e. The van der Waals surface area contributed by atoms with Crippen molar-refractivity contribution in [3.63, 3.8) is 0 Å². The third kappa shape index (κ3) is 6.53. The number of hydrogen-bond donors (Lipinski definition) is 1. The molecule has 0 aliphatic heterocycles. The van der Waals surface area contributed by atoms with E-state index in [1.54, 1.807) is 49.4 Å². The van der Waals surface area contributed by atoms with E-state index in [0.717, 1.165) is 0 Å². The number of hydrogen-bond acceptors (Lipinski definition) is 4. The van der Waals surface area contributed by atoms with Crippen LogP contribution in [0.3, 0.4) is 0 Å². The van der Waals surface area contributed by atoms with Crippen molar-refractivity contribution in [2.45, 2.75) is 18.2 Å². The van der Waals surface area contributed by atoms with Crippen LogP contribution in [0.4, 0.5) is 14.5 Å². The first-order chi connectivity index (χ1) is 17.6. The number of nitrogens with one attached hydrogen (secondary N) is 1. The highest BCUT2D eigenvalue weighted by atomic mass is 35.5. The van der Waals surface area contributed by atoms with E-state index in [-0.39, 0.29) is 33.7 Å². The summed E-state index contributed by atoms with van der Waals surface area (Å²) in [5.74, 6) is -0.813. The van der Waals surface area contributed by atoms with Crippen LogP contribution >= 0.6 is 11.6 Å². The SMILES string of the molecule is CCS(=O)(=O)c1ccc(CC(=O)Nc2ccc(-c3cccc(F)c3)c(Oc3ccc(F)c(Cl)c3)c2)cc1. The highest BCUT2D eigenvalue weighted by Crippen LogP contribution is 2.37. The molecule has 37 heavy (non-hydrogen) atoms. The van der Waals surface area contributed by atoms with Gasteiger partial charge in [0.2, 0.25) is 5.91 Å². The van der Waals surface area contributed by atoms with Crippen LogP contribution in [0.5, 0.6) is 11.5 Å². The minimum absolute atomic E-state index is 0.00696. The molecule has 4 aromatic rings. The first-order valence-electron chi connectivity index (χ1n) is 11.3. The number of carbonyl (C=O) groups is 1. The molecule has 190 valence electrons. The standard InChI is InChI=1S/C28H22ClF2NO4S/c1-2-37(34,35)23-10-6-18(7-11-23)14-28(33)32-21-8-12-24(19-4-3-5-20(30)15-19)27(16-21)36-22-9-13-26(31)25(29)17-22/h3-13,15-17H,2,14H2,1H3,(H,32,33). The van der Waals surface area contributed by atoms with Crippen molar-refractivity contribution in [2.24, 2.45) is 0 Å². The summed E-state index contributed by atoms with van der Waals surface area (Å²) >= 11 is 5.88. The monoisotopic (exact) mass is 541 g/mol. The van der Waals surface area contributed by atoms with Crippen LogP contribution in [0.2, 0.25) is 5.02 Å². The van der Waals surface area contributed by atoms with Crippen molar-refractivity contribution in [2.75, 3.05) is 11.1 Å². The molecule has 1 amide bonds. The Hall–Kier alpha value is -3.75. The van der Waals surface area contributed by atoms with E-state index in [1.165, 1.54) is 42.5 Å². The third-order valence-corrected chi connectivity index (χ3v) is 7.59. The quantitative estimate of drug-likeness (QED) is 0.259. The van der Waals surface area contributed by atoms with Gasteiger partial charge >= 0.3 is 0 Å². The van der Waals surface area contributed by atoms with Crippen molar-refractivity contribution >= 4 is 33.0 Å². The zero-order valence-corrected chi connectivity index (χ0v) is 21.2. The minimum Gasteiger partial charge on any atom is -0.457 e. The molecule has 0 aliphatic carbocycles. The first kappa shape index (κ1) is 26.3. The van der Waals surface area contributed by atoms with E-state index in [1.807, 2.05) is 0 Å². The average Bonchev–Trinajstić information content (AvgIpc) is 2.87. The molecule has 5 nitrogen and oxygen atoms in total. The number of sulfone groups is 1. The summed E-state index contributed by atoms with van der Waals surface area (Å²) in [6.07, 6.45) is 0.0157. The van der Waals surface area contributed by atoms with E-state index in [9.17, 15) is 22.0 Å². The zero-order valence-electron chi connectivity index (χ0n) is 19.7. The second-order valence-corrected chi connectivity index (χ2v) is 10.9. The van der Waals surface area contributed by atoms with Gasteiger partial charge < -0.3 is 10.1 Å². The smallest absolute Gasteiger partial charge is 0.228 e. The van der Waals surface area contributed by atoms with Gasteiger partial charge in [0, 0.05) is 23.4 Å². The Morgan fingerprint density at radius 2 is 1.70 bits per heavy atom. The molecule has 0 aliphatic rings. The molecule has 0 atom stereocenters. The fourth-order valence-electron chi connectivity index (χ4n) is 3.62. The molecule has 0 unspecified atom stereocenters. The Morgan fingerprint density at radius 1 is 0.946 bits per heavy atom. The largest absolute Gasteiger partial charge is 0.457 e. The molecule has 9 heteroatoms. The maximum atomic E-state index is 13.9. The van der Waals surface area contributed by atoms with Gasteiger partial charge in [-0.1, -0.05) is 42.8 Å². The van der Waals surface area contributed by atoms with Gasteiger partial charge in [-0.2, -0.15) is 0 Å². The van der Waals surface area contributed by atoms with Crippen LogP contribution in [-0.4, -0.2) is 20.1 Å². The summed E-state index contributed by atoms with van der Waals surface area (Å²) in [6.45, 7) is 1.57. The van der Waals surface area contributed by atoms with Crippen molar-refractivity contribution in [1.82, 2.24) is 0 Å². The zero-order chi connectivity index (χ0) is 26.6. The van der Waals surface area contributed by atoms with Crippen LogP contribution in [0, 0.1) is 11.6 Å². The van der Waals surface area contributed by atoms with Crippen LogP contribution < -0.4 is 10.1 Å². The van der Waals surface area contributed by atoms with E-state index >= 15 is 0 Å². The van der Waals surface area contributed by atoms with Crippen molar-refractivity contribution in [1.29, 1.82) is 0 Å². The lowest BCUT2D eigenvalue weighted by atomic mass is 10.0. The summed E-state index contributed by atoms with van der Waals surface area (Å²) < 4.78 is 57.4. The summed E-state index contributed by atoms with van der Waals surface area (Å²) in [4.78, 5) is 12.9. The van der Waals surface area contributed by atoms with Crippen molar-refractivity contribution < 1.29 is 26.7 Å². The molecular formula is C28H22ClF2NO4S. The Balaban J connectivity index is 1.58. The summed E-state index contributed by atoms with van der Waals surface area (Å²) in [5.41, 5.74) is 2.15. The lowest BCUT2D eigenvalue weighted by Gasteiger charge is -2.15. The number of rotatable bonds is 8. The molecule has 0 fully saturated rings. The van der Waals surface area contributed by atoms with Gasteiger partial charge in [-0.05, 0) is 59.7 Å². The highest BCUT2D eigenvalue weighted by molar-refractivity contribution is 7.91. The van der Waals surface area contributed by atoms with Crippen LogP contribution in [-0.2, 0) is 21.1 Å². The molecule has 4 aromatic carbocycles. The molecule has 0 bridgehead atoms. The topological polar surface area (TPSA) is 72.5 Å². The van der Waals surface area contributed by atoms with E-state index in [0.29, 0.717) is 28.1 Å². The van der Waals surface area contributed by atoms with Crippen LogP contribution in [0.25, 0.3) is 11.1 Å². The number of carbonyl (C=O) groups excluding carboxylic acids is 1. The third-order valence-electron chi connectivity index (χ3n) is 5.55. The van der Waals surface area contributed by atoms with Gasteiger partial charge in [0.05, 0.1) is 22.1 Å². The Morgan fingerprint density at radius 3 is 2.38 bits per heavy atom. The summed E-state index contributed by atoms with van der Waals surface area (Å²) in [5, 5.41) is 2.67. The molecule has 0 saturated heterocycles. The van der Waals surface area contributed by atoms with Gasteiger partial charge in [0.1, 0.15) is 23.1 Å². The van der Waals surface area contributed by atoms with Gasteiger partial charge in [-0.3, -0.25) is 4.79 Å². The Kier molecular flexibility index (Phi) is 7.90. The van der Waals surface area contributed by atoms with Crippen LogP contribution in [0.15, 0.2) is 89.8 Å². The molecule has 0 radical (unpaired) electrons. The second kappa shape index (κ2) is 11.1. The molecule has 0 aromatic heterocycles. The molecular weight excluding hydrogens is 520 g/mol. The molecule has 0 saturated carbocycles. The number of anilines is 1. The normalized spacial score (nSPS) is 11.2. The highest BCUT2D eigenvalue weighted by Gasteiger charge is 2.14. The van der Waals surface area contributed by atoms with Crippen molar-refractivity contribution in [3.8, 4) is 22.6 Å². The lowest BCUT2D eigenvalue weighted by Crippen LogP contribution is -2.14. The number of halogens is 3. The molecule has 1 N–H and O–H groups in total. The molecule has 0 spiro atoms. The fraction of sp³-hybridized carbons (Fsp3) is 0.107. The van der Waals surface area contributed by atoms with Gasteiger partial charge in [-0.25, -0.2) is 17.2 Å². The Bertz CT molecular complexity index is 1560. The Labute approximate surface area is 218 Å². The number of amides is 1. The second-order valence-electron chi connectivity index (χ2n) is 8.17. The summed E-state index contributed by atoms with van der Waals surface area (Å²) in [6, 6.07) is 20.9. The number of ether oxygens (including phenoxy) is 1. The lowest BCUT2D eigenvalue weighted by molar-refractivity contribution is -0.115. The van der Waals surface area contributed by atoms with Crippen LogP contribution in [0.1, 0.15) is 12.5 Å². The minimum atomic E-state index is -3.32. The predicted molar refractivity (Wildman–Crippen MR) is 140 cm³/mol. The number of benzene rings is 4. The maximum absolute atomic E-state index is 13.9. The van der Waals surface area contributed by atoms with E-state index < -0.39 is 21.5 Å². The van der Waals surface area contributed by atoms with E-state index in [2.05, 4.69) is 5.32 Å². The van der Waals surface area contributed by atoms with Crippen molar-refractivity contribution in [3.05, 3.63) is 107 Å². The van der Waals surface area contributed by atoms with Gasteiger partial charge in [0.15, 0.2) is 9.84 Å². The molecule has 4 rings (SSSR count). The first-order valence-corrected chi connectivity index (χ1v) is 13.3. The average molecular weight is 542 g/mol. The molecule has 0 heterocycles. The van der Waals surface area contributed by atoms with Gasteiger partial charge in [0.25, 0.3) is 0 Å².